The monoisotopic (exact) mass is 306 g/mol. The Morgan fingerprint density at radius 2 is 2.14 bits per heavy atom. The molecule has 0 aromatic rings. The minimum absolute atomic E-state index is 0.129. The summed E-state index contributed by atoms with van der Waals surface area (Å²) < 4.78 is 4.70. The summed E-state index contributed by atoms with van der Waals surface area (Å²) in [6.07, 6.45) is 5.01. The summed E-state index contributed by atoms with van der Waals surface area (Å²) in [4.78, 5) is 35.9. The zero-order valence-corrected chi connectivity index (χ0v) is 12.3. The van der Waals surface area contributed by atoms with E-state index in [1.165, 1.54) is 0 Å². The Kier molecular flexibility index (Phi) is 4.65. The fourth-order valence-corrected chi connectivity index (χ4v) is 2.71. The molecule has 8 heteroatoms. The summed E-state index contributed by atoms with van der Waals surface area (Å²) in [6, 6.07) is 1.09. The van der Waals surface area contributed by atoms with Gasteiger partial charge in [0.05, 0.1) is 6.61 Å². The molecule has 1 aliphatic heterocycles. The number of nitrogens with zero attached hydrogens (tertiary/aromatic N) is 2. The molecule has 0 aromatic heterocycles. The quantitative estimate of drug-likeness (QED) is 0.342. The van der Waals surface area contributed by atoms with Crippen molar-refractivity contribution >= 4 is 17.9 Å². The lowest BCUT2D eigenvalue weighted by Gasteiger charge is -2.30. The van der Waals surface area contributed by atoms with Gasteiger partial charge in [0, 0.05) is 6.20 Å². The molecule has 1 spiro atoms. The lowest BCUT2D eigenvalue weighted by molar-refractivity contribution is -0.138. The van der Waals surface area contributed by atoms with Crippen molar-refractivity contribution in [1.29, 1.82) is 5.26 Å². The average Bonchev–Trinajstić information content (AvgIpc) is 2.72. The van der Waals surface area contributed by atoms with E-state index in [2.05, 4.69) is 10.7 Å². The molecule has 0 atom stereocenters. The molecule has 0 aromatic carbocycles. The lowest BCUT2D eigenvalue weighted by atomic mass is 9.82. The van der Waals surface area contributed by atoms with Gasteiger partial charge in [-0.3, -0.25) is 10.2 Å². The van der Waals surface area contributed by atoms with E-state index in [1.807, 2.05) is 0 Å². The number of nitriles is 1. The highest BCUT2D eigenvalue weighted by Gasteiger charge is 2.51. The van der Waals surface area contributed by atoms with Gasteiger partial charge in [0.15, 0.2) is 5.57 Å². The number of hydrogen-bond acceptors (Lipinski definition) is 6. The first-order valence-corrected chi connectivity index (χ1v) is 7.24. The van der Waals surface area contributed by atoms with E-state index < -0.39 is 17.5 Å². The Morgan fingerprint density at radius 3 is 2.73 bits per heavy atom. The number of ether oxygens (including phenoxy) is 1. The smallest absolute Gasteiger partial charge is 0.350 e. The number of esters is 1. The van der Waals surface area contributed by atoms with Gasteiger partial charge < -0.3 is 10.1 Å². The number of nitrogens with one attached hydrogen (secondary N) is 2. The predicted molar refractivity (Wildman–Crippen MR) is 74.7 cm³/mol. The van der Waals surface area contributed by atoms with Gasteiger partial charge in [0.25, 0.3) is 5.91 Å². The highest BCUT2D eigenvalue weighted by atomic mass is 16.5. The number of urea groups is 1. The van der Waals surface area contributed by atoms with Crippen LogP contribution in [0.5, 0.6) is 0 Å². The first-order valence-electron chi connectivity index (χ1n) is 7.24. The molecule has 1 aliphatic carbocycles. The Bertz CT molecular complexity index is 558. The second kappa shape index (κ2) is 6.47. The summed E-state index contributed by atoms with van der Waals surface area (Å²) in [5, 5.41) is 12.4. The van der Waals surface area contributed by atoms with Crippen molar-refractivity contribution in [2.75, 3.05) is 6.61 Å². The van der Waals surface area contributed by atoms with Gasteiger partial charge in [-0.2, -0.15) is 10.3 Å². The van der Waals surface area contributed by atoms with Crippen LogP contribution in [0, 0.1) is 11.3 Å². The molecule has 2 fully saturated rings. The standard InChI is InChI=1S/C14H18N4O4/c1-2-22-11(19)10(8-15)9-16-18-12(20)14(17-13(18)21)6-4-3-5-7-14/h9,16H,2-7H2,1H3,(H,17,21)/b10-9+. The maximum absolute atomic E-state index is 12.4. The van der Waals surface area contributed by atoms with E-state index in [9.17, 15) is 14.4 Å². The zero-order chi connectivity index (χ0) is 16.2. The Hall–Kier alpha value is -2.56. The molecule has 0 radical (unpaired) electrons. The van der Waals surface area contributed by atoms with Gasteiger partial charge in [-0.1, -0.05) is 19.3 Å². The third kappa shape index (κ3) is 2.88. The van der Waals surface area contributed by atoms with Crippen molar-refractivity contribution in [3.8, 4) is 6.07 Å². The molecule has 22 heavy (non-hydrogen) atoms. The molecule has 3 amide bonds. The minimum Gasteiger partial charge on any atom is -0.462 e. The molecule has 118 valence electrons. The van der Waals surface area contributed by atoms with Crippen LogP contribution in [0.3, 0.4) is 0 Å². The number of rotatable bonds is 4. The number of hydrogen-bond donors (Lipinski definition) is 2. The van der Waals surface area contributed by atoms with Crippen LogP contribution in [0.2, 0.25) is 0 Å². The van der Waals surface area contributed by atoms with Crippen molar-refractivity contribution < 1.29 is 19.1 Å². The fraction of sp³-hybridized carbons (Fsp3) is 0.571. The third-order valence-electron chi connectivity index (χ3n) is 3.82. The largest absolute Gasteiger partial charge is 0.462 e. The molecule has 8 nitrogen and oxygen atoms in total. The molecule has 2 rings (SSSR count). The average molecular weight is 306 g/mol. The van der Waals surface area contributed by atoms with E-state index in [1.54, 1.807) is 13.0 Å². The fourth-order valence-electron chi connectivity index (χ4n) is 2.71. The first kappa shape index (κ1) is 15.8. The number of hydrazine groups is 1. The second-order valence-corrected chi connectivity index (χ2v) is 5.23. The SMILES string of the molecule is CCOC(=O)/C(C#N)=C/NN1C(=O)NC2(CCCCC2)C1=O. The van der Waals surface area contributed by atoms with Crippen LogP contribution < -0.4 is 10.7 Å². The van der Waals surface area contributed by atoms with E-state index >= 15 is 0 Å². The summed E-state index contributed by atoms with van der Waals surface area (Å²) in [7, 11) is 0. The van der Waals surface area contributed by atoms with Crippen molar-refractivity contribution in [3.05, 3.63) is 11.8 Å². The number of carbonyl (C=O) groups is 3. The van der Waals surface area contributed by atoms with Crippen LogP contribution in [0.15, 0.2) is 11.8 Å². The van der Waals surface area contributed by atoms with Gasteiger partial charge in [-0.05, 0) is 19.8 Å². The lowest BCUT2D eigenvalue weighted by Crippen LogP contribution is -2.49. The molecule has 2 aliphatic rings. The van der Waals surface area contributed by atoms with Gasteiger partial charge in [-0.15, -0.1) is 0 Å². The number of amides is 3. The molecule has 0 unspecified atom stereocenters. The summed E-state index contributed by atoms with van der Waals surface area (Å²) in [5.41, 5.74) is 1.26. The predicted octanol–water partition coefficient (Wildman–Crippen LogP) is 0.716. The second-order valence-electron chi connectivity index (χ2n) is 5.23. The van der Waals surface area contributed by atoms with Crippen LogP contribution in [-0.2, 0) is 14.3 Å². The molecular weight excluding hydrogens is 288 g/mol. The Morgan fingerprint density at radius 1 is 1.45 bits per heavy atom. The van der Waals surface area contributed by atoms with Gasteiger partial charge in [0.1, 0.15) is 11.6 Å². The van der Waals surface area contributed by atoms with Crippen molar-refractivity contribution in [2.24, 2.45) is 0 Å². The zero-order valence-electron chi connectivity index (χ0n) is 12.3. The first-order chi connectivity index (χ1) is 10.5. The minimum atomic E-state index is -0.854. The van der Waals surface area contributed by atoms with Crippen molar-refractivity contribution in [1.82, 2.24) is 15.8 Å². The maximum Gasteiger partial charge on any atom is 0.350 e. The van der Waals surface area contributed by atoms with E-state index in [4.69, 9.17) is 10.00 Å². The molecule has 1 heterocycles. The van der Waals surface area contributed by atoms with Crippen LogP contribution in [0.25, 0.3) is 0 Å². The van der Waals surface area contributed by atoms with Crippen LogP contribution in [-0.4, -0.2) is 35.1 Å². The summed E-state index contributed by atoms with van der Waals surface area (Å²) >= 11 is 0. The van der Waals surface area contributed by atoms with Crippen molar-refractivity contribution in [2.45, 2.75) is 44.6 Å². The normalized spacial score (nSPS) is 20.5. The van der Waals surface area contributed by atoms with Gasteiger partial charge in [0.2, 0.25) is 0 Å². The van der Waals surface area contributed by atoms with E-state index in [0.29, 0.717) is 12.8 Å². The molecule has 1 saturated carbocycles. The maximum atomic E-state index is 12.4. The van der Waals surface area contributed by atoms with Crippen LogP contribution in [0.4, 0.5) is 4.79 Å². The van der Waals surface area contributed by atoms with E-state index in [-0.39, 0.29) is 18.1 Å². The Labute approximate surface area is 128 Å². The third-order valence-corrected chi connectivity index (χ3v) is 3.82. The highest BCUT2D eigenvalue weighted by Crippen LogP contribution is 2.32. The van der Waals surface area contributed by atoms with E-state index in [0.717, 1.165) is 30.5 Å². The summed E-state index contributed by atoms with van der Waals surface area (Å²) in [6.45, 7) is 1.74. The molecule has 1 saturated heterocycles. The Balaban J connectivity index is 2.09. The van der Waals surface area contributed by atoms with Gasteiger partial charge in [-0.25, -0.2) is 9.59 Å². The number of carbonyl (C=O) groups excluding carboxylic acids is 3. The topological polar surface area (TPSA) is 112 Å². The molecule has 0 bridgehead atoms. The summed E-state index contributed by atoms with van der Waals surface area (Å²) in [5.74, 6) is -1.19. The molecular formula is C14H18N4O4. The van der Waals surface area contributed by atoms with Gasteiger partial charge >= 0.3 is 12.0 Å². The van der Waals surface area contributed by atoms with Crippen LogP contribution >= 0.6 is 0 Å². The number of imide groups is 1. The molecule has 2 N–H and O–H groups in total. The van der Waals surface area contributed by atoms with Crippen molar-refractivity contribution in [3.63, 3.8) is 0 Å². The highest BCUT2D eigenvalue weighted by molar-refractivity contribution is 6.06. The van der Waals surface area contributed by atoms with Crippen LogP contribution in [0.1, 0.15) is 39.0 Å².